The SMILES string of the molecule is CCN1CCN(C(=O)N[C@H](C(=O)N[C@@H]2C(=O)N3[C@@H]2SC(C)(C)[C@H]3C(=O)O)c2ccccc2)C(=O)C1=O. The summed E-state index contributed by atoms with van der Waals surface area (Å²) in [4.78, 5) is 78.8. The summed E-state index contributed by atoms with van der Waals surface area (Å²) in [7, 11) is 0. The van der Waals surface area contributed by atoms with E-state index in [2.05, 4.69) is 10.6 Å². The topological polar surface area (TPSA) is 156 Å². The van der Waals surface area contributed by atoms with Gasteiger partial charge in [-0.2, -0.15) is 0 Å². The molecule has 3 heterocycles. The number of fused-ring (bicyclic) bond motifs is 1. The molecule has 12 nitrogen and oxygen atoms in total. The zero-order valence-electron chi connectivity index (χ0n) is 20.0. The van der Waals surface area contributed by atoms with Crippen molar-refractivity contribution in [1.29, 1.82) is 0 Å². The van der Waals surface area contributed by atoms with Gasteiger partial charge in [-0.25, -0.2) is 9.59 Å². The Bertz CT molecular complexity index is 1130. The molecule has 4 atom stereocenters. The van der Waals surface area contributed by atoms with Gasteiger partial charge in [0.25, 0.3) is 0 Å². The van der Waals surface area contributed by atoms with Crippen molar-refractivity contribution < 1.29 is 33.9 Å². The molecule has 0 bridgehead atoms. The van der Waals surface area contributed by atoms with Crippen LogP contribution < -0.4 is 10.6 Å². The molecule has 3 saturated heterocycles. The van der Waals surface area contributed by atoms with Crippen LogP contribution in [0.15, 0.2) is 30.3 Å². The van der Waals surface area contributed by atoms with Crippen molar-refractivity contribution >= 4 is 47.4 Å². The maximum Gasteiger partial charge on any atom is 0.327 e. The third-order valence-electron chi connectivity index (χ3n) is 6.57. The molecule has 1 aromatic rings. The third kappa shape index (κ3) is 4.27. The molecular formula is C23H27N5O7S. The number of carbonyl (C=O) groups is 6. The lowest BCUT2D eigenvalue weighted by Gasteiger charge is -2.44. The second-order valence-corrected chi connectivity index (χ2v) is 11.0. The van der Waals surface area contributed by atoms with E-state index in [0.717, 1.165) is 4.90 Å². The van der Waals surface area contributed by atoms with Crippen molar-refractivity contribution in [3.63, 3.8) is 0 Å². The van der Waals surface area contributed by atoms with Gasteiger partial charge in [-0.05, 0) is 26.3 Å². The lowest BCUT2D eigenvalue weighted by atomic mass is 9.95. The van der Waals surface area contributed by atoms with Crippen LogP contribution in [-0.4, -0.2) is 97.3 Å². The molecule has 1 aromatic carbocycles. The number of β-lactam (4-membered cyclic amide) rings is 1. The average molecular weight is 518 g/mol. The maximum atomic E-state index is 13.3. The average Bonchev–Trinajstić information content (AvgIpc) is 3.10. The first-order valence-corrected chi connectivity index (χ1v) is 12.3. The number of nitrogens with one attached hydrogen (secondary N) is 2. The van der Waals surface area contributed by atoms with Crippen molar-refractivity contribution in [2.24, 2.45) is 0 Å². The van der Waals surface area contributed by atoms with E-state index in [1.54, 1.807) is 51.1 Å². The molecule has 0 radical (unpaired) electrons. The normalized spacial score (nSPS) is 25.7. The minimum atomic E-state index is -1.26. The summed E-state index contributed by atoms with van der Waals surface area (Å²) < 4.78 is -0.758. The number of carbonyl (C=O) groups excluding carboxylic acids is 5. The summed E-state index contributed by atoms with van der Waals surface area (Å²) in [6.45, 7) is 5.67. The van der Waals surface area contributed by atoms with Crippen molar-refractivity contribution in [2.75, 3.05) is 19.6 Å². The van der Waals surface area contributed by atoms with Gasteiger partial charge in [0.2, 0.25) is 11.8 Å². The summed E-state index contributed by atoms with van der Waals surface area (Å²) in [6, 6.07) is 4.11. The molecular weight excluding hydrogens is 490 g/mol. The van der Waals surface area contributed by atoms with Crippen molar-refractivity contribution in [1.82, 2.24) is 25.3 Å². The number of benzene rings is 1. The lowest BCUT2D eigenvalue weighted by Crippen LogP contribution is -2.71. The van der Waals surface area contributed by atoms with E-state index in [9.17, 15) is 33.9 Å². The number of likely N-dealkylation sites (N-methyl/N-ethyl adjacent to an activating group) is 1. The van der Waals surface area contributed by atoms with Gasteiger partial charge in [0.1, 0.15) is 23.5 Å². The van der Waals surface area contributed by atoms with Gasteiger partial charge >= 0.3 is 23.8 Å². The Morgan fingerprint density at radius 3 is 2.39 bits per heavy atom. The molecule has 3 aliphatic heterocycles. The number of urea groups is 1. The zero-order valence-corrected chi connectivity index (χ0v) is 20.8. The van der Waals surface area contributed by atoms with Gasteiger partial charge in [-0.3, -0.25) is 24.1 Å². The Morgan fingerprint density at radius 1 is 1.11 bits per heavy atom. The van der Waals surface area contributed by atoms with Crippen LogP contribution in [0.5, 0.6) is 0 Å². The summed E-state index contributed by atoms with van der Waals surface area (Å²) in [5.74, 6) is -4.12. The number of amides is 6. The highest BCUT2D eigenvalue weighted by Gasteiger charge is 2.64. The highest BCUT2D eigenvalue weighted by atomic mass is 32.2. The minimum absolute atomic E-state index is 0.0200. The first kappa shape index (κ1) is 25.5. The number of piperazine rings is 1. The number of thioether (sulfide) groups is 1. The van der Waals surface area contributed by atoms with Gasteiger partial charge in [0, 0.05) is 24.4 Å². The number of aliphatic carboxylic acids is 1. The highest BCUT2D eigenvalue weighted by molar-refractivity contribution is 8.01. The first-order chi connectivity index (χ1) is 17.0. The maximum absolute atomic E-state index is 13.3. The molecule has 0 saturated carbocycles. The van der Waals surface area contributed by atoms with E-state index in [0.29, 0.717) is 12.1 Å². The molecule has 192 valence electrons. The first-order valence-electron chi connectivity index (χ1n) is 11.5. The van der Waals surface area contributed by atoms with E-state index in [-0.39, 0.29) is 13.1 Å². The monoisotopic (exact) mass is 517 g/mol. The van der Waals surface area contributed by atoms with Crippen LogP contribution in [0.3, 0.4) is 0 Å². The fourth-order valence-electron chi connectivity index (χ4n) is 4.70. The van der Waals surface area contributed by atoms with Gasteiger partial charge in [-0.15, -0.1) is 11.8 Å². The van der Waals surface area contributed by atoms with Crippen LogP contribution in [0.25, 0.3) is 0 Å². The minimum Gasteiger partial charge on any atom is -0.480 e. The fourth-order valence-corrected chi connectivity index (χ4v) is 6.32. The van der Waals surface area contributed by atoms with E-state index in [1.807, 2.05) is 0 Å². The Balaban J connectivity index is 1.51. The zero-order chi connectivity index (χ0) is 26.4. The number of nitrogens with zero attached hydrogens (tertiary/aromatic N) is 3. The van der Waals surface area contributed by atoms with Gasteiger partial charge in [0.15, 0.2) is 0 Å². The molecule has 3 N–H and O–H groups in total. The van der Waals surface area contributed by atoms with Crippen LogP contribution in [0.2, 0.25) is 0 Å². The number of rotatable bonds is 6. The number of carboxylic acids is 1. The Morgan fingerprint density at radius 2 is 1.78 bits per heavy atom. The third-order valence-corrected chi connectivity index (χ3v) is 8.14. The molecule has 13 heteroatoms. The molecule has 36 heavy (non-hydrogen) atoms. The van der Waals surface area contributed by atoms with E-state index in [1.165, 1.54) is 21.6 Å². The number of imide groups is 1. The Hall–Kier alpha value is -3.61. The smallest absolute Gasteiger partial charge is 0.327 e. The molecule has 6 amide bonds. The fraction of sp³-hybridized carbons (Fsp3) is 0.478. The van der Waals surface area contributed by atoms with Crippen molar-refractivity contribution in [2.45, 2.75) is 49.0 Å². The van der Waals surface area contributed by atoms with E-state index < -0.39 is 63.9 Å². The van der Waals surface area contributed by atoms with Gasteiger partial charge in [-0.1, -0.05) is 30.3 Å². The lowest BCUT2D eigenvalue weighted by molar-refractivity contribution is -0.161. The predicted molar refractivity (Wildman–Crippen MR) is 127 cm³/mol. The van der Waals surface area contributed by atoms with Gasteiger partial charge < -0.3 is 25.5 Å². The molecule has 3 aliphatic rings. The Labute approximate surface area is 211 Å². The van der Waals surface area contributed by atoms with Crippen LogP contribution >= 0.6 is 11.8 Å². The number of hydrogen-bond acceptors (Lipinski definition) is 7. The van der Waals surface area contributed by atoms with Gasteiger partial charge in [0.05, 0.1) is 0 Å². The Kier molecular flexibility index (Phi) is 6.69. The summed E-state index contributed by atoms with van der Waals surface area (Å²) in [5.41, 5.74) is 0.403. The largest absolute Gasteiger partial charge is 0.480 e. The van der Waals surface area contributed by atoms with Crippen molar-refractivity contribution in [3.05, 3.63) is 35.9 Å². The van der Waals surface area contributed by atoms with E-state index in [4.69, 9.17) is 0 Å². The molecule has 0 aromatic heterocycles. The number of carboxylic acid groups (broad SMARTS) is 1. The summed E-state index contributed by atoms with van der Waals surface area (Å²) in [6.07, 6.45) is 0. The highest BCUT2D eigenvalue weighted by Crippen LogP contribution is 2.50. The molecule has 0 spiro atoms. The standard InChI is InChI=1S/C23H27N5O7S/c1-4-26-10-11-27(19(32)18(26)31)22(35)25-13(12-8-6-5-7-9-12)16(29)24-14-17(30)28-15(21(33)34)23(2,3)36-20(14)28/h5-9,13-15,20H,4,10-11H2,1-3H3,(H,24,29)(H,25,35)(H,33,34)/t13-,14+,15+,20+/m0/s1. The van der Waals surface area contributed by atoms with Crippen LogP contribution in [0.4, 0.5) is 4.79 Å². The number of hydrogen-bond donors (Lipinski definition) is 3. The quantitative estimate of drug-likeness (QED) is 0.345. The molecule has 3 fully saturated rings. The second kappa shape index (κ2) is 9.45. The van der Waals surface area contributed by atoms with Crippen LogP contribution in [0.1, 0.15) is 32.4 Å². The van der Waals surface area contributed by atoms with Crippen LogP contribution in [-0.2, 0) is 24.0 Å². The second-order valence-electron chi connectivity index (χ2n) is 9.22. The molecule has 0 aliphatic carbocycles. The summed E-state index contributed by atoms with van der Waals surface area (Å²) in [5, 5.41) is 14.2. The van der Waals surface area contributed by atoms with Crippen LogP contribution in [0, 0.1) is 0 Å². The summed E-state index contributed by atoms with van der Waals surface area (Å²) >= 11 is 1.28. The predicted octanol–water partition coefficient (Wildman–Crippen LogP) is -0.240. The van der Waals surface area contributed by atoms with E-state index >= 15 is 0 Å². The molecule has 0 unspecified atom stereocenters. The molecule has 4 rings (SSSR count). The van der Waals surface area contributed by atoms with Crippen molar-refractivity contribution in [3.8, 4) is 0 Å².